The molecule has 134 valence electrons. The highest BCUT2D eigenvalue weighted by atomic mass is 16.5. The van der Waals surface area contributed by atoms with Gasteiger partial charge in [-0.15, -0.1) is 0 Å². The van der Waals surface area contributed by atoms with E-state index in [9.17, 15) is 9.59 Å². The van der Waals surface area contributed by atoms with Crippen LogP contribution in [0.5, 0.6) is 11.5 Å². The van der Waals surface area contributed by atoms with Gasteiger partial charge in [-0.1, -0.05) is 6.07 Å². The fourth-order valence-corrected chi connectivity index (χ4v) is 2.48. The quantitative estimate of drug-likeness (QED) is 0.749. The average Bonchev–Trinajstić information content (AvgIpc) is 2.55. The second-order valence-electron chi connectivity index (χ2n) is 5.85. The lowest BCUT2D eigenvalue weighted by atomic mass is 10.1. The van der Waals surface area contributed by atoms with Crippen molar-refractivity contribution in [2.45, 2.75) is 39.7 Å². The number of hydrogen-bond donors (Lipinski definition) is 1. The van der Waals surface area contributed by atoms with Crippen molar-refractivity contribution in [1.29, 1.82) is 0 Å². The summed E-state index contributed by atoms with van der Waals surface area (Å²) >= 11 is 0. The van der Waals surface area contributed by atoms with E-state index in [0.717, 1.165) is 5.56 Å². The molecule has 0 bridgehead atoms. The zero-order valence-corrected chi connectivity index (χ0v) is 15.2. The summed E-state index contributed by atoms with van der Waals surface area (Å²) in [4.78, 5) is 25.2. The summed E-state index contributed by atoms with van der Waals surface area (Å²) < 4.78 is 10.5. The smallest absolute Gasteiger partial charge is 0.220 e. The second kappa shape index (κ2) is 9.80. The molecule has 0 unspecified atom stereocenters. The summed E-state index contributed by atoms with van der Waals surface area (Å²) in [6.07, 6.45) is 1.00. The van der Waals surface area contributed by atoms with E-state index in [1.165, 1.54) is 0 Å². The first-order chi connectivity index (χ1) is 11.4. The van der Waals surface area contributed by atoms with Crippen LogP contribution in [0.1, 0.15) is 32.8 Å². The molecule has 1 rings (SSSR count). The van der Waals surface area contributed by atoms with E-state index in [1.807, 2.05) is 32.0 Å². The van der Waals surface area contributed by atoms with Gasteiger partial charge in [-0.05, 0) is 38.0 Å². The predicted octanol–water partition coefficient (Wildman–Crippen LogP) is 2.01. The highest BCUT2D eigenvalue weighted by Gasteiger charge is 2.12. The highest BCUT2D eigenvalue weighted by molar-refractivity contribution is 5.76. The molecule has 0 aromatic heterocycles. The van der Waals surface area contributed by atoms with Crippen LogP contribution in [0, 0.1) is 0 Å². The third kappa shape index (κ3) is 6.10. The maximum Gasteiger partial charge on any atom is 0.220 e. The zero-order valence-electron chi connectivity index (χ0n) is 15.2. The molecule has 2 amide bonds. The van der Waals surface area contributed by atoms with Gasteiger partial charge in [0.1, 0.15) is 0 Å². The molecular weight excluding hydrogens is 308 g/mol. The van der Waals surface area contributed by atoms with Crippen molar-refractivity contribution in [3.63, 3.8) is 0 Å². The van der Waals surface area contributed by atoms with E-state index >= 15 is 0 Å². The van der Waals surface area contributed by atoms with Crippen LogP contribution in [-0.4, -0.2) is 50.1 Å². The molecule has 0 saturated heterocycles. The molecule has 0 heterocycles. The molecule has 0 fully saturated rings. The molecule has 6 nitrogen and oxygen atoms in total. The van der Waals surface area contributed by atoms with Crippen LogP contribution < -0.4 is 14.8 Å². The largest absolute Gasteiger partial charge is 0.493 e. The summed E-state index contributed by atoms with van der Waals surface area (Å²) in [6, 6.07) is 5.76. The first-order valence-electron chi connectivity index (χ1n) is 8.13. The normalized spacial score (nSPS) is 10.4. The number of hydrogen-bond acceptors (Lipinski definition) is 4. The fourth-order valence-electron chi connectivity index (χ4n) is 2.48. The Bertz CT molecular complexity index is 558. The second-order valence-corrected chi connectivity index (χ2v) is 5.85. The van der Waals surface area contributed by atoms with Crippen LogP contribution in [0.4, 0.5) is 0 Å². The van der Waals surface area contributed by atoms with Gasteiger partial charge in [0.05, 0.1) is 14.2 Å². The molecule has 0 spiro atoms. The molecule has 0 aliphatic heterocycles. The molecule has 0 aliphatic rings. The number of carbonyl (C=O) groups excluding carboxylic acids is 2. The lowest BCUT2D eigenvalue weighted by Gasteiger charge is -2.25. The Kier molecular flexibility index (Phi) is 8.09. The van der Waals surface area contributed by atoms with E-state index in [0.29, 0.717) is 37.4 Å². The summed E-state index contributed by atoms with van der Waals surface area (Å²) in [5.74, 6) is 1.31. The van der Waals surface area contributed by atoms with Crippen LogP contribution in [0.25, 0.3) is 0 Å². The van der Waals surface area contributed by atoms with E-state index < -0.39 is 0 Å². The first-order valence-corrected chi connectivity index (χ1v) is 8.13. The number of carbonyl (C=O) groups is 2. The minimum Gasteiger partial charge on any atom is -0.493 e. The zero-order chi connectivity index (χ0) is 18.1. The van der Waals surface area contributed by atoms with E-state index in [-0.39, 0.29) is 17.9 Å². The van der Waals surface area contributed by atoms with Gasteiger partial charge in [-0.3, -0.25) is 9.59 Å². The minimum atomic E-state index is -0.0305. The molecule has 6 heteroatoms. The van der Waals surface area contributed by atoms with Crippen molar-refractivity contribution in [2.75, 3.05) is 27.3 Å². The molecular formula is C18H28N2O4. The summed E-state index contributed by atoms with van der Waals surface area (Å²) in [6.45, 7) is 6.44. The predicted molar refractivity (Wildman–Crippen MR) is 93.4 cm³/mol. The van der Waals surface area contributed by atoms with Crippen LogP contribution in [0.2, 0.25) is 0 Å². The van der Waals surface area contributed by atoms with Gasteiger partial charge in [0.25, 0.3) is 0 Å². The molecule has 1 aromatic rings. The number of amides is 2. The Balaban J connectivity index is 2.42. The van der Waals surface area contributed by atoms with E-state index in [4.69, 9.17) is 9.47 Å². The van der Waals surface area contributed by atoms with Gasteiger partial charge in [0.15, 0.2) is 11.5 Å². The Morgan fingerprint density at radius 2 is 1.83 bits per heavy atom. The van der Waals surface area contributed by atoms with Crippen molar-refractivity contribution in [2.24, 2.45) is 0 Å². The van der Waals surface area contributed by atoms with Crippen molar-refractivity contribution in [1.82, 2.24) is 10.2 Å². The lowest BCUT2D eigenvalue weighted by Crippen LogP contribution is -2.41. The topological polar surface area (TPSA) is 67.9 Å². The first kappa shape index (κ1) is 19.8. The van der Waals surface area contributed by atoms with Crippen LogP contribution in [0.3, 0.4) is 0 Å². The van der Waals surface area contributed by atoms with Crippen LogP contribution in [-0.2, 0) is 16.0 Å². The minimum absolute atomic E-state index is 0.0181. The number of methoxy groups -OCH3 is 2. The summed E-state index contributed by atoms with van der Waals surface area (Å²) in [7, 11) is 3.18. The molecule has 0 aliphatic carbocycles. The third-order valence-corrected chi connectivity index (χ3v) is 3.79. The lowest BCUT2D eigenvalue weighted by molar-refractivity contribution is -0.131. The number of nitrogens with zero attached hydrogens (tertiary/aromatic N) is 1. The highest BCUT2D eigenvalue weighted by Crippen LogP contribution is 2.27. The van der Waals surface area contributed by atoms with E-state index in [1.54, 1.807) is 26.0 Å². The van der Waals surface area contributed by atoms with Crippen molar-refractivity contribution in [3.8, 4) is 11.5 Å². The Labute approximate surface area is 144 Å². The molecule has 24 heavy (non-hydrogen) atoms. The SMILES string of the molecule is COc1ccc(CCC(=O)NCCN(C(C)=O)C(C)C)cc1OC. The molecule has 0 atom stereocenters. The summed E-state index contributed by atoms with van der Waals surface area (Å²) in [5, 5.41) is 2.86. The molecule has 1 aromatic carbocycles. The molecule has 0 saturated carbocycles. The van der Waals surface area contributed by atoms with Gasteiger partial charge >= 0.3 is 0 Å². The van der Waals surface area contributed by atoms with Crippen molar-refractivity contribution in [3.05, 3.63) is 23.8 Å². The Hall–Kier alpha value is -2.24. The Morgan fingerprint density at radius 3 is 2.38 bits per heavy atom. The number of benzene rings is 1. The van der Waals surface area contributed by atoms with E-state index in [2.05, 4.69) is 5.32 Å². The van der Waals surface area contributed by atoms with Gasteiger partial charge in [-0.25, -0.2) is 0 Å². The van der Waals surface area contributed by atoms with Crippen LogP contribution >= 0.6 is 0 Å². The Morgan fingerprint density at radius 1 is 1.17 bits per heavy atom. The number of aryl methyl sites for hydroxylation is 1. The number of rotatable bonds is 9. The third-order valence-electron chi connectivity index (χ3n) is 3.79. The maximum atomic E-state index is 11.9. The monoisotopic (exact) mass is 336 g/mol. The van der Waals surface area contributed by atoms with Crippen LogP contribution in [0.15, 0.2) is 18.2 Å². The fraction of sp³-hybridized carbons (Fsp3) is 0.556. The molecule has 0 radical (unpaired) electrons. The van der Waals surface area contributed by atoms with Crippen molar-refractivity contribution < 1.29 is 19.1 Å². The average molecular weight is 336 g/mol. The van der Waals surface area contributed by atoms with Crippen molar-refractivity contribution >= 4 is 11.8 Å². The number of ether oxygens (including phenoxy) is 2. The standard InChI is InChI=1S/C18H28N2O4/c1-13(2)20(14(3)21)11-10-19-18(22)9-7-15-6-8-16(23-4)17(12-15)24-5/h6,8,12-13H,7,9-11H2,1-5H3,(H,19,22). The molecule has 1 N–H and O–H groups in total. The maximum absolute atomic E-state index is 11.9. The van der Waals surface area contributed by atoms with Gasteiger partial charge in [0.2, 0.25) is 11.8 Å². The van der Waals surface area contributed by atoms with Gasteiger partial charge in [-0.2, -0.15) is 0 Å². The van der Waals surface area contributed by atoms with Gasteiger partial charge < -0.3 is 19.7 Å². The van der Waals surface area contributed by atoms with Gasteiger partial charge in [0, 0.05) is 32.5 Å². The summed E-state index contributed by atoms with van der Waals surface area (Å²) in [5.41, 5.74) is 1.01. The number of nitrogens with one attached hydrogen (secondary N) is 1.